The molecular weight excluding hydrogens is 282 g/mol. The molecule has 1 aliphatic heterocycles. The van der Waals surface area contributed by atoms with E-state index in [-0.39, 0.29) is 17.9 Å². The van der Waals surface area contributed by atoms with Crippen LogP contribution in [0.25, 0.3) is 0 Å². The van der Waals surface area contributed by atoms with Crippen molar-refractivity contribution in [2.75, 3.05) is 6.61 Å². The number of hydrogen-bond donors (Lipinski definition) is 2. The minimum absolute atomic E-state index is 0.0356. The Hall–Kier alpha value is -1.88. The lowest BCUT2D eigenvalue weighted by molar-refractivity contribution is -0.143. The van der Waals surface area contributed by atoms with Crippen molar-refractivity contribution in [2.45, 2.75) is 45.8 Å². The van der Waals surface area contributed by atoms with E-state index in [0.717, 1.165) is 11.1 Å². The van der Waals surface area contributed by atoms with Crippen LogP contribution in [0.3, 0.4) is 0 Å². The Morgan fingerprint density at radius 1 is 1.36 bits per heavy atom. The molecule has 1 aliphatic rings. The van der Waals surface area contributed by atoms with Gasteiger partial charge >= 0.3 is 5.97 Å². The third-order valence-corrected chi connectivity index (χ3v) is 4.35. The maximum atomic E-state index is 12.4. The molecule has 0 spiro atoms. The van der Waals surface area contributed by atoms with Gasteiger partial charge in [0.2, 0.25) is 5.91 Å². The van der Waals surface area contributed by atoms with Crippen LogP contribution < -0.4 is 5.32 Å². The number of carbonyl (C=O) groups excluding carboxylic acids is 1. The first-order chi connectivity index (χ1) is 10.4. The predicted molar refractivity (Wildman–Crippen MR) is 82.6 cm³/mol. The number of hydrogen-bond acceptors (Lipinski definition) is 3. The van der Waals surface area contributed by atoms with Gasteiger partial charge in [-0.05, 0) is 50.3 Å². The zero-order chi connectivity index (χ0) is 16.3. The molecule has 1 aromatic carbocycles. The monoisotopic (exact) mass is 305 g/mol. The molecule has 22 heavy (non-hydrogen) atoms. The number of aliphatic carboxylic acids is 1. The van der Waals surface area contributed by atoms with E-state index in [1.165, 1.54) is 0 Å². The van der Waals surface area contributed by atoms with Crippen molar-refractivity contribution in [3.63, 3.8) is 0 Å². The van der Waals surface area contributed by atoms with Crippen LogP contribution in [0.15, 0.2) is 18.2 Å². The molecule has 3 atom stereocenters. The van der Waals surface area contributed by atoms with Gasteiger partial charge in [-0.2, -0.15) is 0 Å². The Morgan fingerprint density at radius 3 is 2.73 bits per heavy atom. The summed E-state index contributed by atoms with van der Waals surface area (Å²) in [5.41, 5.74) is 2.55. The van der Waals surface area contributed by atoms with Gasteiger partial charge in [0.15, 0.2) is 6.04 Å². The highest BCUT2D eigenvalue weighted by molar-refractivity contribution is 5.86. The third kappa shape index (κ3) is 3.65. The fourth-order valence-corrected chi connectivity index (χ4v) is 2.86. The lowest BCUT2D eigenvalue weighted by atomic mass is 9.93. The molecule has 1 saturated heterocycles. The van der Waals surface area contributed by atoms with Crippen molar-refractivity contribution in [1.29, 1.82) is 0 Å². The van der Waals surface area contributed by atoms with Crippen molar-refractivity contribution in [2.24, 2.45) is 5.92 Å². The van der Waals surface area contributed by atoms with Gasteiger partial charge in [-0.3, -0.25) is 4.79 Å². The molecule has 2 rings (SSSR count). The molecule has 1 fully saturated rings. The second-order valence-corrected chi connectivity index (χ2v) is 5.97. The van der Waals surface area contributed by atoms with Crippen LogP contribution in [0.1, 0.15) is 42.5 Å². The summed E-state index contributed by atoms with van der Waals surface area (Å²) in [7, 11) is 0. The van der Waals surface area contributed by atoms with Gasteiger partial charge < -0.3 is 15.2 Å². The number of ether oxygens (including phenoxy) is 1. The SMILES string of the molecule is Cc1cccc(C(NC(=O)C2CCOC(C)C2)C(=O)O)c1C. The van der Waals surface area contributed by atoms with Gasteiger partial charge in [-0.1, -0.05) is 18.2 Å². The summed E-state index contributed by atoms with van der Waals surface area (Å²) in [6, 6.07) is 4.50. The zero-order valence-electron chi connectivity index (χ0n) is 13.3. The van der Waals surface area contributed by atoms with Crippen LogP contribution in [0, 0.1) is 19.8 Å². The molecule has 1 heterocycles. The number of rotatable bonds is 4. The van der Waals surface area contributed by atoms with E-state index in [4.69, 9.17) is 4.74 Å². The fraction of sp³-hybridized carbons (Fsp3) is 0.529. The van der Waals surface area contributed by atoms with Crippen LogP contribution in [-0.2, 0) is 14.3 Å². The molecular formula is C17H23NO4. The molecule has 5 heteroatoms. The van der Waals surface area contributed by atoms with E-state index < -0.39 is 12.0 Å². The summed E-state index contributed by atoms with van der Waals surface area (Å²) in [6.45, 7) is 6.28. The number of carbonyl (C=O) groups is 2. The van der Waals surface area contributed by atoms with Crippen molar-refractivity contribution < 1.29 is 19.4 Å². The first-order valence-corrected chi connectivity index (χ1v) is 7.61. The van der Waals surface area contributed by atoms with E-state index in [1.807, 2.05) is 32.9 Å². The minimum Gasteiger partial charge on any atom is -0.479 e. The summed E-state index contributed by atoms with van der Waals surface area (Å²) in [5.74, 6) is -1.43. The maximum absolute atomic E-state index is 12.4. The van der Waals surface area contributed by atoms with E-state index in [0.29, 0.717) is 25.0 Å². The van der Waals surface area contributed by atoms with Gasteiger partial charge in [0.05, 0.1) is 6.10 Å². The normalized spacial score (nSPS) is 22.9. The first kappa shape index (κ1) is 16.5. The molecule has 5 nitrogen and oxygen atoms in total. The number of benzene rings is 1. The lowest BCUT2D eigenvalue weighted by Crippen LogP contribution is -2.41. The van der Waals surface area contributed by atoms with Gasteiger partial charge in [0, 0.05) is 12.5 Å². The van der Waals surface area contributed by atoms with Crippen molar-refractivity contribution in [1.82, 2.24) is 5.32 Å². The molecule has 1 aromatic rings. The Balaban J connectivity index is 2.17. The smallest absolute Gasteiger partial charge is 0.330 e. The number of nitrogens with one attached hydrogen (secondary N) is 1. The van der Waals surface area contributed by atoms with Crippen molar-refractivity contribution >= 4 is 11.9 Å². The summed E-state index contributed by atoms with van der Waals surface area (Å²) in [4.78, 5) is 24.0. The van der Waals surface area contributed by atoms with Gasteiger partial charge in [0.25, 0.3) is 0 Å². The Kier molecular flexibility index (Phi) is 5.19. The van der Waals surface area contributed by atoms with Gasteiger partial charge in [-0.15, -0.1) is 0 Å². The molecule has 0 bridgehead atoms. The van der Waals surface area contributed by atoms with Crippen LogP contribution in [0.2, 0.25) is 0 Å². The highest BCUT2D eigenvalue weighted by atomic mass is 16.5. The molecule has 120 valence electrons. The molecule has 0 radical (unpaired) electrons. The molecule has 0 saturated carbocycles. The van der Waals surface area contributed by atoms with Gasteiger partial charge in [0.1, 0.15) is 0 Å². The average molecular weight is 305 g/mol. The second-order valence-electron chi connectivity index (χ2n) is 5.97. The minimum atomic E-state index is -1.04. The summed E-state index contributed by atoms with van der Waals surface area (Å²) < 4.78 is 5.43. The quantitative estimate of drug-likeness (QED) is 0.895. The number of carboxylic acids is 1. The van der Waals surface area contributed by atoms with Gasteiger partial charge in [-0.25, -0.2) is 4.79 Å². The largest absolute Gasteiger partial charge is 0.479 e. The summed E-state index contributed by atoms with van der Waals surface area (Å²) in [5, 5.41) is 12.2. The maximum Gasteiger partial charge on any atom is 0.330 e. The van der Waals surface area contributed by atoms with Crippen LogP contribution in [0.4, 0.5) is 0 Å². The van der Waals surface area contributed by atoms with Crippen LogP contribution in [-0.4, -0.2) is 29.7 Å². The van der Waals surface area contributed by atoms with E-state index >= 15 is 0 Å². The lowest BCUT2D eigenvalue weighted by Gasteiger charge is -2.28. The highest BCUT2D eigenvalue weighted by Crippen LogP contribution is 2.24. The van der Waals surface area contributed by atoms with Crippen LogP contribution >= 0.6 is 0 Å². The number of amides is 1. The van der Waals surface area contributed by atoms with E-state index in [9.17, 15) is 14.7 Å². The summed E-state index contributed by atoms with van der Waals surface area (Å²) >= 11 is 0. The van der Waals surface area contributed by atoms with Crippen molar-refractivity contribution in [3.05, 3.63) is 34.9 Å². The first-order valence-electron chi connectivity index (χ1n) is 7.61. The number of carboxylic acid groups (broad SMARTS) is 1. The molecule has 0 aliphatic carbocycles. The topological polar surface area (TPSA) is 75.6 Å². The molecule has 2 N–H and O–H groups in total. The zero-order valence-corrected chi connectivity index (χ0v) is 13.3. The average Bonchev–Trinajstić information content (AvgIpc) is 2.47. The Morgan fingerprint density at radius 2 is 2.09 bits per heavy atom. The van der Waals surface area contributed by atoms with E-state index in [1.54, 1.807) is 6.07 Å². The summed E-state index contributed by atoms with van der Waals surface area (Å²) in [6.07, 6.45) is 1.30. The second kappa shape index (κ2) is 6.92. The standard InChI is InChI=1S/C17H23NO4/c1-10-5-4-6-14(12(10)3)15(17(20)21)18-16(19)13-7-8-22-11(2)9-13/h4-6,11,13,15H,7-9H2,1-3H3,(H,18,19)(H,20,21). The van der Waals surface area contributed by atoms with E-state index in [2.05, 4.69) is 5.32 Å². The molecule has 0 aromatic heterocycles. The Labute approximate surface area is 130 Å². The predicted octanol–water partition coefficient (Wildman–Crippen LogP) is 2.36. The molecule has 3 unspecified atom stereocenters. The number of aryl methyl sites for hydroxylation is 1. The Bertz CT molecular complexity index is 570. The highest BCUT2D eigenvalue weighted by Gasteiger charge is 2.30. The van der Waals surface area contributed by atoms with Crippen LogP contribution in [0.5, 0.6) is 0 Å². The van der Waals surface area contributed by atoms with Crippen molar-refractivity contribution in [3.8, 4) is 0 Å². The fourth-order valence-electron chi connectivity index (χ4n) is 2.86. The third-order valence-electron chi connectivity index (χ3n) is 4.35. The molecule has 1 amide bonds.